The molecule has 23 valence electrons. The maximum absolute atomic E-state index is 7.88. The van der Waals surface area contributed by atoms with E-state index in [1.54, 1.807) is 0 Å². The number of rotatable bonds is 1. The molecule has 0 heterocycles. The Morgan fingerprint density at radius 2 is 2.00 bits per heavy atom. The molecule has 1 nitrogen and oxygen atoms in total. The van der Waals surface area contributed by atoms with Crippen molar-refractivity contribution in [2.45, 2.75) is 4.81 Å². The van der Waals surface area contributed by atoms with Crippen molar-refractivity contribution in [3.8, 4) is 0 Å². The summed E-state index contributed by atoms with van der Waals surface area (Å²) in [6, 6.07) is 0. The van der Waals surface area contributed by atoms with Gasteiger partial charge in [-0.05, 0) is 0 Å². The van der Waals surface area contributed by atoms with Crippen LogP contribution in [0.1, 0.15) is 0 Å². The summed E-state index contributed by atoms with van der Waals surface area (Å²) in [6.45, 7) is 0.324. The van der Waals surface area contributed by atoms with Gasteiger partial charge in [0.25, 0.3) is 0 Å². The average Bonchev–Trinajstić information content (AvgIpc) is 1.37. The van der Waals surface area contributed by atoms with E-state index >= 15 is 0 Å². The van der Waals surface area contributed by atoms with Gasteiger partial charge in [0, 0.05) is 0 Å². The summed E-state index contributed by atoms with van der Waals surface area (Å²) in [5.41, 5.74) is 7.88. The third-order valence-corrected chi connectivity index (χ3v) is 0.540. The average molecular weight is 138 g/mol. The van der Waals surface area contributed by atoms with E-state index in [1.165, 1.54) is 0 Å². The number of hydrogen-bond acceptors (Lipinski definition) is 0. The summed E-state index contributed by atoms with van der Waals surface area (Å²) in [5.74, 6) is 0. The molecule has 0 saturated carbocycles. The second-order valence-electron chi connectivity index (χ2n) is 0.428. The first kappa shape index (κ1) is 4.65. The van der Waals surface area contributed by atoms with Crippen molar-refractivity contribution in [1.29, 1.82) is 0 Å². The Hall–Kier alpha value is 0.648. The molecule has 0 N–H and O–H groups in total. The predicted octanol–water partition coefficient (Wildman–Crippen LogP) is 0.0202. The zero-order valence-corrected chi connectivity index (χ0v) is 4.28. The van der Waals surface area contributed by atoms with Gasteiger partial charge >= 0.3 is 36.9 Å². The summed E-state index contributed by atoms with van der Waals surface area (Å²) >= 11 is 1.87. The van der Waals surface area contributed by atoms with E-state index < -0.39 is 0 Å². The van der Waals surface area contributed by atoms with Gasteiger partial charge in [-0.3, -0.25) is 0 Å². The molecule has 0 amide bonds. The standard InChI is InChI=1S/C2H4N.Mo/c1-2-3;/h1-2H2;. The van der Waals surface area contributed by atoms with Crippen LogP contribution in [0.3, 0.4) is 0 Å². The molecule has 0 bridgehead atoms. The van der Waals surface area contributed by atoms with Crippen molar-refractivity contribution in [2.24, 2.45) is 0 Å². The Labute approximate surface area is 37.5 Å². The van der Waals surface area contributed by atoms with E-state index in [4.69, 9.17) is 5.73 Å². The van der Waals surface area contributed by atoms with E-state index in [0.717, 1.165) is 4.81 Å². The zero-order valence-electron chi connectivity index (χ0n) is 2.27. The van der Waals surface area contributed by atoms with Crippen molar-refractivity contribution in [1.82, 2.24) is 5.73 Å². The SMILES string of the molecule is [N]C[CH2][Mo]. The van der Waals surface area contributed by atoms with Crippen LogP contribution in [-0.2, 0) is 19.8 Å². The summed E-state index contributed by atoms with van der Waals surface area (Å²) in [7, 11) is 0. The van der Waals surface area contributed by atoms with Crippen molar-refractivity contribution in [3.63, 3.8) is 0 Å². The van der Waals surface area contributed by atoms with Crippen LogP contribution < -0.4 is 5.73 Å². The first-order valence-electron chi connectivity index (χ1n) is 1.10. The summed E-state index contributed by atoms with van der Waals surface area (Å²) < 4.78 is 0. The van der Waals surface area contributed by atoms with Gasteiger partial charge in [-0.15, -0.1) is 0 Å². The number of nitrogens with zero attached hydrogens (tertiary/aromatic N) is 1. The summed E-state index contributed by atoms with van der Waals surface area (Å²) in [6.07, 6.45) is 0. The minimum atomic E-state index is 0.324. The molecule has 0 atom stereocenters. The molecule has 0 aliphatic rings. The molecule has 0 aliphatic heterocycles. The van der Waals surface area contributed by atoms with Crippen molar-refractivity contribution < 1.29 is 19.8 Å². The molecular formula is C2H4MoN. The zero-order chi connectivity index (χ0) is 3.41. The van der Waals surface area contributed by atoms with Gasteiger partial charge in [-0.2, -0.15) is 0 Å². The quantitative estimate of drug-likeness (QED) is 0.456. The second-order valence-corrected chi connectivity index (χ2v) is 1.43. The van der Waals surface area contributed by atoms with Crippen LogP contribution in [0.25, 0.3) is 0 Å². The Balaban J connectivity index is 1.97. The van der Waals surface area contributed by atoms with Crippen molar-refractivity contribution in [2.75, 3.05) is 6.54 Å². The van der Waals surface area contributed by atoms with E-state index in [1.807, 2.05) is 19.8 Å². The normalized spacial score (nSPS) is 7.25. The van der Waals surface area contributed by atoms with E-state index in [2.05, 4.69) is 0 Å². The van der Waals surface area contributed by atoms with E-state index in [-0.39, 0.29) is 0 Å². The molecule has 0 aliphatic carbocycles. The third kappa shape index (κ3) is 2.65. The van der Waals surface area contributed by atoms with Crippen LogP contribution >= 0.6 is 0 Å². The second kappa shape index (κ2) is 3.65. The molecular weight excluding hydrogens is 134 g/mol. The fourth-order valence-corrected chi connectivity index (χ4v) is 0. The van der Waals surface area contributed by atoms with Crippen LogP contribution in [0.15, 0.2) is 0 Å². The number of hydrogen-bond donors (Lipinski definition) is 0. The predicted molar refractivity (Wildman–Crippen MR) is 11.8 cm³/mol. The van der Waals surface area contributed by atoms with Crippen molar-refractivity contribution in [3.05, 3.63) is 0 Å². The van der Waals surface area contributed by atoms with Gasteiger partial charge in [-0.25, -0.2) is 0 Å². The third-order valence-electron chi connectivity index (χ3n) is 0.0913. The van der Waals surface area contributed by atoms with Gasteiger partial charge in [0.15, 0.2) is 0 Å². The summed E-state index contributed by atoms with van der Waals surface area (Å²) in [4.78, 5) is 0.885. The molecule has 4 heavy (non-hydrogen) atoms. The Morgan fingerprint density at radius 1 is 1.75 bits per heavy atom. The van der Waals surface area contributed by atoms with E-state index in [0.29, 0.717) is 6.54 Å². The van der Waals surface area contributed by atoms with Crippen LogP contribution in [0.4, 0.5) is 0 Å². The molecule has 0 saturated heterocycles. The molecule has 0 aromatic rings. The van der Waals surface area contributed by atoms with Crippen LogP contribution in [0.5, 0.6) is 0 Å². The van der Waals surface area contributed by atoms with Gasteiger partial charge in [-0.1, -0.05) is 0 Å². The van der Waals surface area contributed by atoms with Gasteiger partial charge in [0.2, 0.25) is 0 Å². The first-order chi connectivity index (χ1) is 1.91. The fraction of sp³-hybridized carbons (Fsp3) is 1.00. The first-order valence-corrected chi connectivity index (χ1v) is 2.52. The molecule has 0 aromatic heterocycles. The monoisotopic (exact) mass is 140 g/mol. The fourth-order valence-electron chi connectivity index (χ4n) is 0. The molecule has 2 heteroatoms. The molecule has 2 radical (unpaired) electrons. The Morgan fingerprint density at radius 3 is 2.00 bits per heavy atom. The van der Waals surface area contributed by atoms with Crippen LogP contribution in [0, 0.1) is 0 Å². The molecule has 0 aromatic carbocycles. The minimum absolute atomic E-state index is 0.324. The Bertz CT molecular complexity index is 8.00. The van der Waals surface area contributed by atoms with Gasteiger partial charge in [0.1, 0.15) is 0 Å². The van der Waals surface area contributed by atoms with E-state index in [9.17, 15) is 0 Å². The maximum atomic E-state index is 7.88. The van der Waals surface area contributed by atoms with Gasteiger partial charge < -0.3 is 0 Å². The van der Waals surface area contributed by atoms with Gasteiger partial charge in [0.05, 0.1) is 0 Å². The molecule has 0 fully saturated rings. The molecule has 0 rings (SSSR count). The molecule has 0 unspecified atom stereocenters. The van der Waals surface area contributed by atoms with Crippen LogP contribution in [-0.4, -0.2) is 6.54 Å². The molecule has 0 spiro atoms. The van der Waals surface area contributed by atoms with Crippen LogP contribution in [0.2, 0.25) is 4.81 Å². The topological polar surface area (TPSA) is 22.3 Å². The summed E-state index contributed by atoms with van der Waals surface area (Å²) in [5, 5.41) is 0. The van der Waals surface area contributed by atoms with Crippen molar-refractivity contribution >= 4 is 0 Å². The Kier molecular flexibility index (Phi) is 4.24.